The van der Waals surface area contributed by atoms with Crippen molar-refractivity contribution in [2.45, 2.75) is 32.6 Å². The zero-order valence-electron chi connectivity index (χ0n) is 16.1. The lowest BCUT2D eigenvalue weighted by Crippen LogP contribution is -2.25. The molecule has 1 aromatic carbocycles. The molecule has 2 aromatic heterocycles. The molecule has 7 heteroatoms. The zero-order chi connectivity index (χ0) is 20.2. The molecular weight excluding hydrogens is 389 g/mol. The molecule has 2 heterocycles. The molecule has 0 bridgehead atoms. The van der Waals surface area contributed by atoms with Gasteiger partial charge in [0.2, 0.25) is 0 Å². The first kappa shape index (κ1) is 19.4. The van der Waals surface area contributed by atoms with Gasteiger partial charge in [-0.1, -0.05) is 6.07 Å². The molecule has 0 radical (unpaired) electrons. The molecule has 5 nitrogen and oxygen atoms in total. The predicted octanol–water partition coefficient (Wildman–Crippen LogP) is 4.91. The van der Waals surface area contributed by atoms with Crippen LogP contribution in [0, 0.1) is 12.7 Å². The Morgan fingerprint density at radius 1 is 1.24 bits per heavy atom. The minimum absolute atomic E-state index is 0.195. The summed E-state index contributed by atoms with van der Waals surface area (Å²) in [6.45, 7) is 2.46. The van der Waals surface area contributed by atoms with Crippen molar-refractivity contribution in [3.8, 4) is 0 Å². The maximum atomic E-state index is 13.1. The Kier molecular flexibility index (Phi) is 5.76. The Labute approximate surface area is 172 Å². The second-order valence-corrected chi connectivity index (χ2v) is 8.00. The number of hydrazone groups is 1. The summed E-state index contributed by atoms with van der Waals surface area (Å²) in [5.41, 5.74) is 6.27. The van der Waals surface area contributed by atoms with Gasteiger partial charge >= 0.3 is 0 Å². The maximum Gasteiger partial charge on any atom is 0.287 e. The Balaban J connectivity index is 1.48. The molecule has 1 aliphatic rings. The molecule has 3 aromatic rings. The van der Waals surface area contributed by atoms with Crippen molar-refractivity contribution in [1.29, 1.82) is 0 Å². The highest BCUT2D eigenvalue weighted by atomic mass is 32.1. The molecule has 29 heavy (non-hydrogen) atoms. The predicted molar refractivity (Wildman–Crippen MR) is 113 cm³/mol. The molecule has 0 saturated heterocycles. The van der Waals surface area contributed by atoms with Crippen LogP contribution >= 0.6 is 11.3 Å². The van der Waals surface area contributed by atoms with Crippen molar-refractivity contribution in [3.05, 3.63) is 75.1 Å². The Morgan fingerprint density at radius 2 is 2.07 bits per heavy atom. The quantitative estimate of drug-likeness (QED) is 0.566. The second-order valence-electron chi connectivity index (χ2n) is 6.97. The van der Waals surface area contributed by atoms with E-state index in [0.29, 0.717) is 18.0 Å². The standard InChI is InChI=1S/C22H22FN3O2S/c1-14-20-18(26-25-16-9-7-15(23)8-10-16)5-2-6-19(20)28-21(14)22(27)24-12-11-17-4-3-13-29-17/h3-4,7-10,13,25H,2,5-6,11-12H2,1H3,(H,24,27)/b26-18+. The van der Waals surface area contributed by atoms with Crippen molar-refractivity contribution in [3.63, 3.8) is 0 Å². The Morgan fingerprint density at radius 3 is 2.83 bits per heavy atom. The molecule has 2 N–H and O–H groups in total. The summed E-state index contributed by atoms with van der Waals surface area (Å²) >= 11 is 1.68. The fraction of sp³-hybridized carbons (Fsp3) is 0.273. The van der Waals surface area contributed by atoms with E-state index in [2.05, 4.69) is 21.9 Å². The summed E-state index contributed by atoms with van der Waals surface area (Å²) in [7, 11) is 0. The fourth-order valence-corrected chi connectivity index (χ4v) is 4.20. The van der Waals surface area contributed by atoms with Gasteiger partial charge < -0.3 is 9.73 Å². The van der Waals surface area contributed by atoms with E-state index in [9.17, 15) is 9.18 Å². The number of fused-ring (bicyclic) bond motifs is 1. The van der Waals surface area contributed by atoms with Gasteiger partial charge in [-0.2, -0.15) is 5.10 Å². The average Bonchev–Trinajstić information content (AvgIpc) is 3.36. The number of carbonyl (C=O) groups excluding carboxylic acids is 1. The van der Waals surface area contributed by atoms with Crippen molar-refractivity contribution < 1.29 is 13.6 Å². The lowest BCUT2D eigenvalue weighted by atomic mass is 9.93. The van der Waals surface area contributed by atoms with Crippen molar-refractivity contribution >= 4 is 28.6 Å². The lowest BCUT2D eigenvalue weighted by molar-refractivity contribution is 0.0924. The van der Waals surface area contributed by atoms with Crippen molar-refractivity contribution in [1.82, 2.24) is 5.32 Å². The van der Waals surface area contributed by atoms with Gasteiger partial charge in [0.1, 0.15) is 11.6 Å². The molecule has 0 atom stereocenters. The molecule has 0 spiro atoms. The van der Waals surface area contributed by atoms with Crippen LogP contribution < -0.4 is 10.7 Å². The molecule has 150 valence electrons. The number of benzene rings is 1. The van der Waals surface area contributed by atoms with Crippen LogP contribution in [0.2, 0.25) is 0 Å². The summed E-state index contributed by atoms with van der Waals surface area (Å²) < 4.78 is 19.0. The summed E-state index contributed by atoms with van der Waals surface area (Å²) in [6, 6.07) is 10.1. The molecular formula is C22H22FN3O2S. The van der Waals surface area contributed by atoms with E-state index >= 15 is 0 Å². The van der Waals surface area contributed by atoms with Crippen LogP contribution in [-0.4, -0.2) is 18.2 Å². The monoisotopic (exact) mass is 411 g/mol. The van der Waals surface area contributed by atoms with Crippen LogP contribution in [0.4, 0.5) is 10.1 Å². The van der Waals surface area contributed by atoms with Crippen LogP contribution in [0.1, 0.15) is 45.2 Å². The van der Waals surface area contributed by atoms with Gasteiger partial charge in [-0.15, -0.1) is 11.3 Å². The number of nitrogens with zero attached hydrogens (tertiary/aromatic N) is 1. The van der Waals surface area contributed by atoms with Gasteiger partial charge in [-0.3, -0.25) is 10.2 Å². The third-order valence-electron chi connectivity index (χ3n) is 4.93. The minimum atomic E-state index is -0.288. The number of halogens is 1. The summed E-state index contributed by atoms with van der Waals surface area (Å²) in [5.74, 6) is 0.678. The lowest BCUT2D eigenvalue weighted by Gasteiger charge is -2.13. The fourth-order valence-electron chi connectivity index (χ4n) is 3.49. The van der Waals surface area contributed by atoms with Gasteiger partial charge in [0.25, 0.3) is 5.91 Å². The number of thiophene rings is 1. The smallest absolute Gasteiger partial charge is 0.287 e. The third kappa shape index (κ3) is 4.40. The first-order chi connectivity index (χ1) is 14.1. The molecule has 1 amide bonds. The average molecular weight is 412 g/mol. The number of hydrogen-bond donors (Lipinski definition) is 2. The van der Waals surface area contributed by atoms with Gasteiger partial charge in [0.15, 0.2) is 5.76 Å². The van der Waals surface area contributed by atoms with Crippen LogP contribution in [0.15, 0.2) is 51.3 Å². The highest BCUT2D eigenvalue weighted by Crippen LogP contribution is 2.30. The number of furan rings is 1. The van der Waals surface area contributed by atoms with E-state index < -0.39 is 0 Å². The first-order valence-electron chi connectivity index (χ1n) is 9.63. The zero-order valence-corrected chi connectivity index (χ0v) is 16.9. The summed E-state index contributed by atoms with van der Waals surface area (Å²) in [4.78, 5) is 13.9. The number of hydrogen-bond acceptors (Lipinski definition) is 5. The minimum Gasteiger partial charge on any atom is -0.455 e. The Bertz CT molecular complexity index is 1020. The van der Waals surface area contributed by atoms with Crippen molar-refractivity contribution in [2.75, 3.05) is 12.0 Å². The van der Waals surface area contributed by atoms with Gasteiger partial charge in [-0.25, -0.2) is 4.39 Å². The molecule has 0 unspecified atom stereocenters. The number of rotatable bonds is 6. The highest BCUT2D eigenvalue weighted by molar-refractivity contribution is 7.09. The van der Waals surface area contributed by atoms with E-state index in [1.165, 1.54) is 17.0 Å². The van der Waals surface area contributed by atoms with Crippen LogP contribution in [-0.2, 0) is 12.8 Å². The first-order valence-corrected chi connectivity index (χ1v) is 10.5. The van der Waals surface area contributed by atoms with E-state index in [1.807, 2.05) is 18.4 Å². The van der Waals surface area contributed by atoms with Crippen LogP contribution in [0.3, 0.4) is 0 Å². The van der Waals surface area contributed by atoms with Crippen LogP contribution in [0.25, 0.3) is 0 Å². The number of aryl methyl sites for hydroxylation is 1. The second kappa shape index (κ2) is 8.61. The number of amides is 1. The van der Waals surface area contributed by atoms with Gasteiger partial charge in [0.05, 0.1) is 11.4 Å². The molecule has 0 aliphatic heterocycles. The topological polar surface area (TPSA) is 66.6 Å². The molecule has 0 fully saturated rings. The van der Waals surface area contributed by atoms with E-state index in [0.717, 1.165) is 48.3 Å². The molecule has 0 saturated carbocycles. The number of anilines is 1. The molecule has 4 rings (SSSR count). The van der Waals surface area contributed by atoms with Gasteiger partial charge in [-0.05, 0) is 61.9 Å². The van der Waals surface area contributed by atoms with E-state index in [4.69, 9.17) is 4.42 Å². The van der Waals surface area contributed by atoms with E-state index in [-0.39, 0.29) is 11.7 Å². The normalized spacial score (nSPS) is 14.6. The van der Waals surface area contributed by atoms with Gasteiger partial charge in [0, 0.05) is 29.0 Å². The SMILES string of the molecule is Cc1c(C(=O)NCCc2cccs2)oc2c1/C(=N/Nc1ccc(F)cc1)CCC2. The summed E-state index contributed by atoms with van der Waals surface area (Å²) in [5, 5.41) is 9.49. The molecule has 1 aliphatic carbocycles. The third-order valence-corrected chi connectivity index (χ3v) is 5.87. The van der Waals surface area contributed by atoms with E-state index in [1.54, 1.807) is 23.5 Å². The van der Waals surface area contributed by atoms with Crippen molar-refractivity contribution in [2.24, 2.45) is 5.10 Å². The van der Waals surface area contributed by atoms with Crippen LogP contribution in [0.5, 0.6) is 0 Å². The number of nitrogens with one attached hydrogen (secondary N) is 2. The highest BCUT2D eigenvalue weighted by Gasteiger charge is 2.27. The summed E-state index contributed by atoms with van der Waals surface area (Å²) in [6.07, 6.45) is 3.29. The maximum absolute atomic E-state index is 13.1. The Hall–Kier alpha value is -2.93. The number of carbonyl (C=O) groups is 1. The largest absolute Gasteiger partial charge is 0.455 e.